The summed E-state index contributed by atoms with van der Waals surface area (Å²) >= 11 is 0. The molecule has 0 aromatic heterocycles. The number of piperidine rings is 1. The first-order valence-electron chi connectivity index (χ1n) is 6.86. The Hall–Kier alpha value is -0.120. The van der Waals surface area contributed by atoms with E-state index >= 15 is 0 Å². The first-order valence-corrected chi connectivity index (χ1v) is 6.86. The lowest BCUT2D eigenvalue weighted by molar-refractivity contribution is -0.315. The molecule has 1 aliphatic heterocycles. The Morgan fingerprint density at radius 1 is 1.18 bits per heavy atom. The maximum Gasteiger partial charge on any atom is 0.105 e. The summed E-state index contributed by atoms with van der Waals surface area (Å²) in [6.45, 7) is 12.8. The van der Waals surface area contributed by atoms with Gasteiger partial charge in [0.1, 0.15) is 6.10 Å². The van der Waals surface area contributed by atoms with Crippen LogP contribution < -0.4 is 0 Å². The van der Waals surface area contributed by atoms with Gasteiger partial charge in [-0.15, -0.1) is 0 Å². The first kappa shape index (κ1) is 14.9. The predicted octanol–water partition coefficient (Wildman–Crippen LogP) is 3.12. The van der Waals surface area contributed by atoms with E-state index in [1.807, 2.05) is 0 Å². The van der Waals surface area contributed by atoms with Gasteiger partial charge in [-0.3, -0.25) is 4.84 Å². The summed E-state index contributed by atoms with van der Waals surface area (Å²) in [6, 6.07) is 0. The van der Waals surface area contributed by atoms with Gasteiger partial charge in [-0.2, -0.15) is 5.06 Å². The van der Waals surface area contributed by atoms with Crippen LogP contribution in [0.15, 0.2) is 0 Å². The number of hydrogen-bond donors (Lipinski definition) is 1. The van der Waals surface area contributed by atoms with Gasteiger partial charge in [0.15, 0.2) is 0 Å². The maximum atomic E-state index is 9.73. The van der Waals surface area contributed by atoms with Crippen molar-refractivity contribution in [2.24, 2.45) is 0 Å². The van der Waals surface area contributed by atoms with E-state index in [1.165, 1.54) is 6.42 Å². The summed E-state index contributed by atoms with van der Waals surface area (Å²) in [4.78, 5) is 6.12. The van der Waals surface area contributed by atoms with E-state index in [1.54, 1.807) is 6.92 Å². The molecule has 17 heavy (non-hydrogen) atoms. The molecule has 0 unspecified atom stereocenters. The molecule has 0 spiro atoms. The molecule has 1 fully saturated rings. The Balaban J connectivity index is 2.82. The lowest BCUT2D eigenvalue weighted by Gasteiger charge is -2.52. The number of aliphatic hydroxyl groups is 1. The highest BCUT2D eigenvalue weighted by Gasteiger charge is 2.43. The van der Waals surface area contributed by atoms with Gasteiger partial charge in [0.05, 0.1) is 6.10 Å². The molecule has 0 bridgehead atoms. The van der Waals surface area contributed by atoms with Crippen LogP contribution in [-0.2, 0) is 4.84 Å². The number of aliphatic hydroxyl groups excluding tert-OH is 1. The zero-order valence-corrected chi connectivity index (χ0v) is 12.3. The summed E-state index contributed by atoms with van der Waals surface area (Å²) in [5, 5.41) is 11.9. The highest BCUT2D eigenvalue weighted by Crippen LogP contribution is 2.39. The predicted molar refractivity (Wildman–Crippen MR) is 70.7 cm³/mol. The van der Waals surface area contributed by atoms with E-state index < -0.39 is 6.10 Å². The molecule has 0 amide bonds. The second kappa shape index (κ2) is 5.25. The van der Waals surface area contributed by atoms with Crippen LogP contribution in [0.25, 0.3) is 0 Å². The number of hydroxylamine groups is 2. The third-order valence-corrected chi connectivity index (χ3v) is 3.86. The van der Waals surface area contributed by atoms with Gasteiger partial charge in [-0.1, -0.05) is 6.92 Å². The average molecular weight is 243 g/mol. The van der Waals surface area contributed by atoms with Crippen LogP contribution >= 0.6 is 0 Å². The van der Waals surface area contributed by atoms with Crippen molar-refractivity contribution < 1.29 is 9.94 Å². The van der Waals surface area contributed by atoms with Crippen molar-refractivity contribution in [1.82, 2.24) is 5.06 Å². The van der Waals surface area contributed by atoms with Crippen molar-refractivity contribution in [2.75, 3.05) is 0 Å². The van der Waals surface area contributed by atoms with Gasteiger partial charge >= 0.3 is 0 Å². The van der Waals surface area contributed by atoms with Crippen LogP contribution in [-0.4, -0.2) is 33.5 Å². The SMILES string of the molecule is CC[C@H](ON1C(C)(C)CCCC1(C)C)[C@@H](C)O. The van der Waals surface area contributed by atoms with Crippen molar-refractivity contribution >= 4 is 0 Å². The molecular weight excluding hydrogens is 214 g/mol. The molecule has 102 valence electrons. The quantitative estimate of drug-likeness (QED) is 0.823. The molecule has 1 N–H and O–H groups in total. The van der Waals surface area contributed by atoms with E-state index in [2.05, 4.69) is 39.7 Å². The average Bonchev–Trinajstić information content (AvgIpc) is 2.15. The zero-order valence-electron chi connectivity index (χ0n) is 12.3. The minimum absolute atomic E-state index is 0.0457. The van der Waals surface area contributed by atoms with E-state index in [0.29, 0.717) is 0 Å². The highest BCUT2D eigenvalue weighted by molar-refractivity contribution is 4.93. The standard InChI is InChI=1S/C14H29NO2/c1-7-12(11(2)16)17-15-13(3,4)9-8-10-14(15,5)6/h11-12,16H,7-10H2,1-6H3/t11-,12+/m1/s1. The van der Waals surface area contributed by atoms with Crippen LogP contribution in [0.2, 0.25) is 0 Å². The molecule has 0 saturated carbocycles. The molecule has 1 saturated heterocycles. The van der Waals surface area contributed by atoms with Crippen molar-refractivity contribution in [2.45, 2.75) is 90.5 Å². The molecule has 2 atom stereocenters. The first-order chi connectivity index (χ1) is 7.70. The largest absolute Gasteiger partial charge is 0.391 e. The Kier molecular flexibility index (Phi) is 4.61. The van der Waals surface area contributed by atoms with Gasteiger partial charge in [-0.05, 0) is 60.3 Å². The fourth-order valence-electron chi connectivity index (χ4n) is 2.90. The van der Waals surface area contributed by atoms with E-state index in [4.69, 9.17) is 4.84 Å². The summed E-state index contributed by atoms with van der Waals surface area (Å²) in [7, 11) is 0. The molecule has 0 aromatic rings. The van der Waals surface area contributed by atoms with Gasteiger partial charge in [0.2, 0.25) is 0 Å². The smallest absolute Gasteiger partial charge is 0.105 e. The van der Waals surface area contributed by atoms with Crippen molar-refractivity contribution in [3.05, 3.63) is 0 Å². The molecule has 3 nitrogen and oxygen atoms in total. The molecule has 3 heteroatoms. The highest BCUT2D eigenvalue weighted by atomic mass is 16.7. The molecule has 1 rings (SSSR count). The number of hydrogen-bond acceptors (Lipinski definition) is 3. The molecule has 1 aliphatic rings. The minimum Gasteiger partial charge on any atom is -0.391 e. The molecule has 0 aromatic carbocycles. The fourth-order valence-corrected chi connectivity index (χ4v) is 2.90. The molecule has 0 radical (unpaired) electrons. The van der Waals surface area contributed by atoms with Crippen LogP contribution in [0.4, 0.5) is 0 Å². The maximum absolute atomic E-state index is 9.73. The monoisotopic (exact) mass is 243 g/mol. The van der Waals surface area contributed by atoms with Crippen molar-refractivity contribution in [3.8, 4) is 0 Å². The van der Waals surface area contributed by atoms with Crippen LogP contribution in [0, 0.1) is 0 Å². The summed E-state index contributed by atoms with van der Waals surface area (Å²) < 4.78 is 0. The molecule has 1 heterocycles. The Labute approximate surface area is 106 Å². The van der Waals surface area contributed by atoms with E-state index in [0.717, 1.165) is 19.3 Å². The van der Waals surface area contributed by atoms with Crippen molar-refractivity contribution in [1.29, 1.82) is 0 Å². The summed E-state index contributed by atoms with van der Waals surface area (Å²) in [6.07, 6.45) is 3.84. The van der Waals surface area contributed by atoms with Gasteiger partial charge in [0, 0.05) is 11.1 Å². The lowest BCUT2D eigenvalue weighted by Crippen LogP contribution is -2.60. The fraction of sp³-hybridized carbons (Fsp3) is 1.00. The number of nitrogens with zero attached hydrogens (tertiary/aromatic N) is 1. The van der Waals surface area contributed by atoms with E-state index in [-0.39, 0.29) is 17.2 Å². The van der Waals surface area contributed by atoms with E-state index in [9.17, 15) is 5.11 Å². The number of rotatable bonds is 4. The second-order valence-corrected chi connectivity index (χ2v) is 6.57. The Morgan fingerprint density at radius 3 is 2.00 bits per heavy atom. The molecule has 0 aliphatic carbocycles. The van der Waals surface area contributed by atoms with Crippen molar-refractivity contribution in [3.63, 3.8) is 0 Å². The van der Waals surface area contributed by atoms with Gasteiger partial charge in [-0.25, -0.2) is 0 Å². The van der Waals surface area contributed by atoms with Gasteiger partial charge in [0.25, 0.3) is 0 Å². The lowest BCUT2D eigenvalue weighted by atomic mass is 9.82. The van der Waals surface area contributed by atoms with Crippen LogP contribution in [0.3, 0.4) is 0 Å². The normalized spacial score (nSPS) is 27.7. The van der Waals surface area contributed by atoms with Crippen LogP contribution in [0.5, 0.6) is 0 Å². The minimum atomic E-state index is -0.423. The summed E-state index contributed by atoms with van der Waals surface area (Å²) in [5.74, 6) is 0. The Morgan fingerprint density at radius 2 is 1.65 bits per heavy atom. The topological polar surface area (TPSA) is 32.7 Å². The Bertz CT molecular complexity index is 233. The zero-order chi connectivity index (χ0) is 13.3. The third-order valence-electron chi connectivity index (χ3n) is 3.86. The summed E-state index contributed by atoms with van der Waals surface area (Å²) in [5.41, 5.74) is 0.0914. The third kappa shape index (κ3) is 3.43. The van der Waals surface area contributed by atoms with Gasteiger partial charge < -0.3 is 5.11 Å². The second-order valence-electron chi connectivity index (χ2n) is 6.57. The van der Waals surface area contributed by atoms with Crippen LogP contribution in [0.1, 0.15) is 67.2 Å². The molecular formula is C14H29NO2.